The zero-order valence-corrected chi connectivity index (χ0v) is 13.5. The Kier molecular flexibility index (Phi) is 5.59. The van der Waals surface area contributed by atoms with Crippen LogP contribution >= 0.6 is 0 Å². The fourth-order valence-corrected chi connectivity index (χ4v) is 2.35. The normalized spacial score (nSPS) is 10.3. The predicted octanol–water partition coefficient (Wildman–Crippen LogP) is 3.56. The number of aryl methyl sites for hydroxylation is 2. The van der Waals surface area contributed by atoms with E-state index in [4.69, 9.17) is 4.74 Å². The molecule has 0 atom stereocenters. The Morgan fingerprint density at radius 3 is 2.45 bits per heavy atom. The minimum Gasteiger partial charge on any atom is -0.494 e. The van der Waals surface area contributed by atoms with Gasteiger partial charge >= 0.3 is 0 Å². The number of nitrogens with one attached hydrogen (secondary N) is 1. The molecule has 0 aliphatic rings. The smallest absolute Gasteiger partial charge is 0.224 e. The van der Waals surface area contributed by atoms with Crippen molar-refractivity contribution in [3.05, 3.63) is 64.7 Å². The number of amides is 1. The van der Waals surface area contributed by atoms with Gasteiger partial charge in [-0.2, -0.15) is 0 Å². The number of carbonyl (C=O) groups excluding carboxylic acids is 1. The van der Waals surface area contributed by atoms with Gasteiger partial charge in [-0.15, -0.1) is 0 Å². The van der Waals surface area contributed by atoms with Crippen LogP contribution in [0.1, 0.15) is 29.2 Å². The van der Waals surface area contributed by atoms with Crippen LogP contribution in [0.2, 0.25) is 0 Å². The van der Waals surface area contributed by atoms with Crippen molar-refractivity contribution in [1.29, 1.82) is 0 Å². The van der Waals surface area contributed by atoms with Gasteiger partial charge in [0.2, 0.25) is 5.91 Å². The molecule has 0 saturated carbocycles. The van der Waals surface area contributed by atoms with Crippen LogP contribution in [-0.4, -0.2) is 12.5 Å². The Morgan fingerprint density at radius 1 is 1.09 bits per heavy atom. The molecule has 0 heterocycles. The molecule has 3 nitrogen and oxygen atoms in total. The van der Waals surface area contributed by atoms with E-state index in [2.05, 4.69) is 18.3 Å². The summed E-state index contributed by atoms with van der Waals surface area (Å²) in [5.74, 6) is 0.897. The van der Waals surface area contributed by atoms with Crippen LogP contribution in [0.3, 0.4) is 0 Å². The monoisotopic (exact) mass is 297 g/mol. The third-order valence-corrected chi connectivity index (χ3v) is 3.57. The number of hydrogen-bond acceptors (Lipinski definition) is 2. The summed E-state index contributed by atoms with van der Waals surface area (Å²) in [6.45, 7) is 7.26. The minimum absolute atomic E-state index is 0.0424. The molecule has 1 amide bonds. The molecule has 0 aliphatic heterocycles. The zero-order chi connectivity index (χ0) is 15.9. The lowest BCUT2D eigenvalue weighted by Gasteiger charge is -2.09. The summed E-state index contributed by atoms with van der Waals surface area (Å²) in [6.07, 6.45) is 0.420. The Labute approximate surface area is 132 Å². The van der Waals surface area contributed by atoms with Gasteiger partial charge in [-0.1, -0.05) is 35.9 Å². The standard InChI is InChI=1S/C19H23NO2/c1-4-22-18-9-6-16(7-10-18)13-20-19(21)12-17-8-5-14(2)11-15(17)3/h5-11H,4,12-13H2,1-3H3,(H,20,21). The first-order valence-electron chi connectivity index (χ1n) is 7.63. The molecule has 2 rings (SSSR count). The maximum Gasteiger partial charge on any atom is 0.224 e. The van der Waals surface area contributed by atoms with E-state index in [-0.39, 0.29) is 5.91 Å². The van der Waals surface area contributed by atoms with Crippen molar-refractivity contribution in [3.8, 4) is 5.75 Å². The number of rotatable bonds is 6. The van der Waals surface area contributed by atoms with Crippen LogP contribution in [-0.2, 0) is 17.8 Å². The van der Waals surface area contributed by atoms with Gasteiger partial charge in [0.1, 0.15) is 5.75 Å². The van der Waals surface area contributed by atoms with E-state index < -0.39 is 0 Å². The second-order valence-corrected chi connectivity index (χ2v) is 5.46. The van der Waals surface area contributed by atoms with Gasteiger partial charge in [-0.3, -0.25) is 4.79 Å². The third-order valence-electron chi connectivity index (χ3n) is 3.57. The molecule has 2 aromatic carbocycles. The highest BCUT2D eigenvalue weighted by molar-refractivity contribution is 5.78. The maximum absolute atomic E-state index is 12.1. The average Bonchev–Trinajstić information content (AvgIpc) is 2.50. The highest BCUT2D eigenvalue weighted by Gasteiger charge is 2.06. The Balaban J connectivity index is 1.87. The summed E-state index contributed by atoms with van der Waals surface area (Å²) in [6, 6.07) is 14.0. The van der Waals surface area contributed by atoms with Crippen molar-refractivity contribution in [2.75, 3.05) is 6.61 Å². The molecule has 116 valence electrons. The van der Waals surface area contributed by atoms with Crippen LogP contribution in [0, 0.1) is 13.8 Å². The van der Waals surface area contributed by atoms with E-state index in [1.54, 1.807) is 0 Å². The van der Waals surface area contributed by atoms with Gasteiger partial charge in [0.05, 0.1) is 13.0 Å². The van der Waals surface area contributed by atoms with E-state index in [0.29, 0.717) is 19.6 Å². The largest absolute Gasteiger partial charge is 0.494 e. The van der Waals surface area contributed by atoms with Crippen molar-refractivity contribution in [3.63, 3.8) is 0 Å². The maximum atomic E-state index is 12.1. The molecule has 0 fully saturated rings. The van der Waals surface area contributed by atoms with Crippen LogP contribution < -0.4 is 10.1 Å². The van der Waals surface area contributed by atoms with Gasteiger partial charge in [0.25, 0.3) is 0 Å². The Hall–Kier alpha value is -2.29. The van der Waals surface area contributed by atoms with Crippen molar-refractivity contribution < 1.29 is 9.53 Å². The Bertz CT molecular complexity index is 632. The molecule has 0 aromatic heterocycles. The SMILES string of the molecule is CCOc1ccc(CNC(=O)Cc2ccc(C)cc2C)cc1. The van der Waals surface area contributed by atoms with Gasteiger partial charge in [-0.05, 0) is 49.6 Å². The molecule has 0 radical (unpaired) electrons. The summed E-state index contributed by atoms with van der Waals surface area (Å²) < 4.78 is 5.40. The van der Waals surface area contributed by atoms with Gasteiger partial charge in [0, 0.05) is 6.54 Å². The molecule has 0 unspecified atom stereocenters. The van der Waals surface area contributed by atoms with Crippen LogP contribution in [0.25, 0.3) is 0 Å². The van der Waals surface area contributed by atoms with E-state index in [1.165, 1.54) is 5.56 Å². The molecular formula is C19H23NO2. The molecule has 0 aliphatic carbocycles. The first-order chi connectivity index (χ1) is 10.6. The molecule has 0 saturated heterocycles. The molecular weight excluding hydrogens is 274 g/mol. The van der Waals surface area contributed by atoms with E-state index in [1.807, 2.05) is 50.2 Å². The van der Waals surface area contributed by atoms with E-state index >= 15 is 0 Å². The molecule has 0 bridgehead atoms. The summed E-state index contributed by atoms with van der Waals surface area (Å²) >= 11 is 0. The first kappa shape index (κ1) is 16.1. The van der Waals surface area contributed by atoms with Crippen molar-refractivity contribution in [1.82, 2.24) is 5.32 Å². The fourth-order valence-electron chi connectivity index (χ4n) is 2.35. The summed E-state index contributed by atoms with van der Waals surface area (Å²) in [7, 11) is 0. The van der Waals surface area contributed by atoms with Crippen LogP contribution in [0.15, 0.2) is 42.5 Å². The number of ether oxygens (including phenoxy) is 1. The van der Waals surface area contributed by atoms with Crippen molar-refractivity contribution in [2.24, 2.45) is 0 Å². The second-order valence-electron chi connectivity index (χ2n) is 5.46. The quantitative estimate of drug-likeness (QED) is 0.885. The van der Waals surface area contributed by atoms with Crippen LogP contribution in [0.5, 0.6) is 5.75 Å². The highest BCUT2D eigenvalue weighted by atomic mass is 16.5. The number of carbonyl (C=O) groups is 1. The third kappa shape index (κ3) is 4.62. The van der Waals surface area contributed by atoms with Gasteiger partial charge in [-0.25, -0.2) is 0 Å². The number of hydrogen-bond donors (Lipinski definition) is 1. The Morgan fingerprint density at radius 2 is 1.82 bits per heavy atom. The minimum atomic E-state index is 0.0424. The van der Waals surface area contributed by atoms with Crippen molar-refractivity contribution in [2.45, 2.75) is 33.7 Å². The van der Waals surface area contributed by atoms with Gasteiger partial charge in [0.15, 0.2) is 0 Å². The highest BCUT2D eigenvalue weighted by Crippen LogP contribution is 2.13. The first-order valence-corrected chi connectivity index (χ1v) is 7.63. The van der Waals surface area contributed by atoms with Crippen molar-refractivity contribution >= 4 is 5.91 Å². The molecule has 0 spiro atoms. The van der Waals surface area contributed by atoms with Gasteiger partial charge < -0.3 is 10.1 Å². The predicted molar refractivity (Wildman–Crippen MR) is 89.1 cm³/mol. The zero-order valence-electron chi connectivity index (χ0n) is 13.5. The van der Waals surface area contributed by atoms with Crippen LogP contribution in [0.4, 0.5) is 0 Å². The molecule has 3 heteroatoms. The second kappa shape index (κ2) is 7.64. The molecule has 2 aromatic rings. The molecule has 22 heavy (non-hydrogen) atoms. The lowest BCUT2D eigenvalue weighted by molar-refractivity contribution is -0.120. The lowest BCUT2D eigenvalue weighted by atomic mass is 10.0. The fraction of sp³-hybridized carbons (Fsp3) is 0.316. The summed E-state index contributed by atoms with van der Waals surface area (Å²) in [4.78, 5) is 12.1. The van der Waals surface area contributed by atoms with E-state index in [0.717, 1.165) is 22.4 Å². The lowest BCUT2D eigenvalue weighted by Crippen LogP contribution is -2.24. The van der Waals surface area contributed by atoms with E-state index in [9.17, 15) is 4.79 Å². The summed E-state index contributed by atoms with van der Waals surface area (Å²) in [5, 5.41) is 2.96. The topological polar surface area (TPSA) is 38.3 Å². The summed E-state index contributed by atoms with van der Waals surface area (Å²) in [5.41, 5.74) is 4.53. The average molecular weight is 297 g/mol. The number of benzene rings is 2. The molecule has 1 N–H and O–H groups in total.